The minimum Gasteiger partial charge on any atom is -0.383 e. The molecule has 19 heavy (non-hydrogen) atoms. The maximum atomic E-state index is 12.3. The SMILES string of the molecule is COCCN(Cc1ccsc1)C(=O)N1CCNC1=O. The Bertz CT molecular complexity index is 435. The molecule has 1 N–H and O–H groups in total. The number of methoxy groups -OCH3 is 1. The molecule has 7 heteroatoms. The molecule has 2 rings (SSSR count). The molecule has 6 nitrogen and oxygen atoms in total. The van der Waals surface area contributed by atoms with E-state index in [1.165, 1.54) is 4.90 Å². The summed E-state index contributed by atoms with van der Waals surface area (Å²) in [5.41, 5.74) is 1.06. The highest BCUT2D eigenvalue weighted by molar-refractivity contribution is 7.07. The van der Waals surface area contributed by atoms with Gasteiger partial charge in [-0.2, -0.15) is 11.3 Å². The number of nitrogens with one attached hydrogen (secondary N) is 1. The average molecular weight is 283 g/mol. The summed E-state index contributed by atoms with van der Waals surface area (Å²) in [7, 11) is 1.59. The predicted octanol–water partition coefficient (Wildman–Crippen LogP) is 1.34. The van der Waals surface area contributed by atoms with Crippen LogP contribution in [0.2, 0.25) is 0 Å². The highest BCUT2D eigenvalue weighted by Gasteiger charge is 2.29. The Morgan fingerprint density at radius 3 is 3.05 bits per heavy atom. The number of amides is 4. The van der Waals surface area contributed by atoms with Crippen molar-refractivity contribution in [2.75, 3.05) is 33.4 Å². The molecule has 1 fully saturated rings. The maximum Gasteiger partial charge on any atom is 0.328 e. The van der Waals surface area contributed by atoms with Crippen molar-refractivity contribution in [1.82, 2.24) is 15.1 Å². The van der Waals surface area contributed by atoms with Crippen LogP contribution in [-0.2, 0) is 11.3 Å². The normalized spacial score (nSPS) is 14.6. The van der Waals surface area contributed by atoms with Crippen molar-refractivity contribution in [2.45, 2.75) is 6.54 Å². The van der Waals surface area contributed by atoms with Crippen LogP contribution in [0.4, 0.5) is 9.59 Å². The topological polar surface area (TPSA) is 61.9 Å². The van der Waals surface area contributed by atoms with Crippen molar-refractivity contribution >= 4 is 23.4 Å². The lowest BCUT2D eigenvalue weighted by Crippen LogP contribution is -2.45. The lowest BCUT2D eigenvalue weighted by molar-refractivity contribution is 0.130. The number of imide groups is 1. The molecule has 0 radical (unpaired) electrons. The van der Waals surface area contributed by atoms with Gasteiger partial charge in [-0.05, 0) is 22.4 Å². The monoisotopic (exact) mass is 283 g/mol. The Labute approximate surface area is 115 Å². The smallest absolute Gasteiger partial charge is 0.328 e. The minimum atomic E-state index is -0.322. The van der Waals surface area contributed by atoms with Crippen LogP contribution in [0.25, 0.3) is 0 Å². The maximum absolute atomic E-state index is 12.3. The second-order valence-electron chi connectivity index (χ2n) is 4.21. The molecule has 0 saturated carbocycles. The fourth-order valence-corrected chi connectivity index (χ4v) is 2.53. The third-order valence-electron chi connectivity index (χ3n) is 2.88. The number of thiophene rings is 1. The zero-order valence-corrected chi connectivity index (χ0v) is 11.6. The summed E-state index contributed by atoms with van der Waals surface area (Å²) in [6, 6.07) is 1.39. The van der Waals surface area contributed by atoms with Crippen molar-refractivity contribution in [3.8, 4) is 0 Å². The largest absolute Gasteiger partial charge is 0.383 e. The number of carbonyl (C=O) groups excluding carboxylic acids is 2. The van der Waals surface area contributed by atoms with Gasteiger partial charge in [0.25, 0.3) is 0 Å². The Morgan fingerprint density at radius 2 is 2.47 bits per heavy atom. The van der Waals surface area contributed by atoms with Crippen molar-refractivity contribution in [1.29, 1.82) is 0 Å². The van der Waals surface area contributed by atoms with Gasteiger partial charge in [0.15, 0.2) is 0 Å². The van der Waals surface area contributed by atoms with Gasteiger partial charge >= 0.3 is 12.1 Å². The van der Waals surface area contributed by atoms with E-state index in [0.717, 1.165) is 5.56 Å². The summed E-state index contributed by atoms with van der Waals surface area (Å²) in [4.78, 5) is 26.7. The Kier molecular flexibility index (Phi) is 4.75. The molecule has 1 aliphatic heterocycles. The molecule has 0 spiro atoms. The third-order valence-corrected chi connectivity index (χ3v) is 3.61. The number of nitrogens with zero attached hydrogens (tertiary/aromatic N) is 2. The van der Waals surface area contributed by atoms with E-state index in [9.17, 15) is 9.59 Å². The van der Waals surface area contributed by atoms with Gasteiger partial charge in [0.2, 0.25) is 0 Å². The Balaban J connectivity index is 2.03. The quantitative estimate of drug-likeness (QED) is 0.887. The van der Waals surface area contributed by atoms with Crippen molar-refractivity contribution in [3.05, 3.63) is 22.4 Å². The fourth-order valence-electron chi connectivity index (χ4n) is 1.87. The van der Waals surface area contributed by atoms with Crippen LogP contribution in [0.1, 0.15) is 5.56 Å². The van der Waals surface area contributed by atoms with Gasteiger partial charge in [0.1, 0.15) is 0 Å². The molecule has 0 atom stereocenters. The highest BCUT2D eigenvalue weighted by Crippen LogP contribution is 2.12. The summed E-state index contributed by atoms with van der Waals surface area (Å²) >= 11 is 1.59. The van der Waals surface area contributed by atoms with Crippen LogP contribution >= 0.6 is 11.3 Å². The summed E-state index contributed by atoms with van der Waals surface area (Å²) < 4.78 is 5.02. The molecule has 2 heterocycles. The summed E-state index contributed by atoms with van der Waals surface area (Å²) in [5.74, 6) is 0. The molecule has 0 aromatic carbocycles. The minimum absolute atomic E-state index is 0.266. The van der Waals surface area contributed by atoms with Crippen LogP contribution in [0, 0.1) is 0 Å². The molecule has 104 valence electrons. The zero-order chi connectivity index (χ0) is 13.7. The molecule has 0 aliphatic carbocycles. The average Bonchev–Trinajstić information content (AvgIpc) is 3.05. The lowest BCUT2D eigenvalue weighted by Gasteiger charge is -2.25. The zero-order valence-electron chi connectivity index (χ0n) is 10.8. The van der Waals surface area contributed by atoms with Crippen LogP contribution in [0.3, 0.4) is 0 Å². The summed E-state index contributed by atoms with van der Waals surface area (Å²) in [6.45, 7) is 2.35. The highest BCUT2D eigenvalue weighted by atomic mass is 32.1. The molecule has 4 amide bonds. The van der Waals surface area contributed by atoms with Crippen molar-refractivity contribution in [3.63, 3.8) is 0 Å². The van der Waals surface area contributed by atoms with Crippen LogP contribution in [-0.4, -0.2) is 55.2 Å². The van der Waals surface area contributed by atoms with Gasteiger partial charge < -0.3 is 15.0 Å². The standard InChI is InChI=1S/C12H17N3O3S/c1-18-6-5-14(8-10-2-7-19-9-10)12(17)15-4-3-13-11(15)16/h2,7,9H,3-6,8H2,1H3,(H,13,16). The van der Waals surface area contributed by atoms with E-state index < -0.39 is 0 Å². The molecule has 1 aromatic heterocycles. The second-order valence-corrected chi connectivity index (χ2v) is 4.99. The first kappa shape index (κ1) is 13.8. The first-order chi connectivity index (χ1) is 9.22. The van der Waals surface area contributed by atoms with E-state index in [4.69, 9.17) is 4.74 Å². The van der Waals surface area contributed by atoms with E-state index in [0.29, 0.717) is 32.8 Å². The molecule has 1 aromatic rings. The number of rotatable bonds is 5. The van der Waals surface area contributed by atoms with E-state index in [2.05, 4.69) is 5.32 Å². The third kappa shape index (κ3) is 3.45. The number of hydrogen-bond donors (Lipinski definition) is 1. The Morgan fingerprint density at radius 1 is 1.63 bits per heavy atom. The first-order valence-electron chi connectivity index (χ1n) is 6.06. The number of hydrogen-bond acceptors (Lipinski definition) is 4. The summed E-state index contributed by atoms with van der Waals surface area (Å²) in [5, 5.41) is 6.60. The van der Waals surface area contributed by atoms with E-state index >= 15 is 0 Å². The Hall–Kier alpha value is -1.60. The number of carbonyl (C=O) groups is 2. The van der Waals surface area contributed by atoms with E-state index in [-0.39, 0.29) is 12.1 Å². The van der Waals surface area contributed by atoms with Crippen LogP contribution in [0.15, 0.2) is 16.8 Å². The van der Waals surface area contributed by atoms with E-state index in [1.807, 2.05) is 16.8 Å². The molecule has 1 aliphatic rings. The van der Waals surface area contributed by atoms with Crippen molar-refractivity contribution in [2.24, 2.45) is 0 Å². The molecular formula is C12H17N3O3S. The lowest BCUT2D eigenvalue weighted by atomic mass is 10.3. The molecule has 0 unspecified atom stereocenters. The number of urea groups is 2. The van der Waals surface area contributed by atoms with Gasteiger partial charge in [0.05, 0.1) is 6.61 Å². The van der Waals surface area contributed by atoms with Crippen LogP contribution in [0.5, 0.6) is 0 Å². The fraction of sp³-hybridized carbons (Fsp3) is 0.500. The van der Waals surface area contributed by atoms with Gasteiger partial charge in [-0.1, -0.05) is 0 Å². The molecule has 1 saturated heterocycles. The van der Waals surface area contributed by atoms with Crippen LogP contribution < -0.4 is 5.32 Å². The van der Waals surface area contributed by atoms with Gasteiger partial charge in [-0.15, -0.1) is 0 Å². The van der Waals surface area contributed by atoms with Gasteiger partial charge in [0, 0.05) is 33.3 Å². The molecule has 0 bridgehead atoms. The first-order valence-corrected chi connectivity index (χ1v) is 7.01. The van der Waals surface area contributed by atoms with E-state index in [1.54, 1.807) is 23.3 Å². The second kappa shape index (κ2) is 6.53. The van der Waals surface area contributed by atoms with Gasteiger partial charge in [-0.25, -0.2) is 14.5 Å². The predicted molar refractivity (Wildman–Crippen MR) is 72.1 cm³/mol. The van der Waals surface area contributed by atoms with Gasteiger partial charge in [-0.3, -0.25) is 0 Å². The van der Waals surface area contributed by atoms with Crippen molar-refractivity contribution < 1.29 is 14.3 Å². The number of ether oxygens (including phenoxy) is 1. The molecular weight excluding hydrogens is 266 g/mol. The summed E-state index contributed by atoms with van der Waals surface area (Å²) in [6.07, 6.45) is 0.